The third kappa shape index (κ3) is 5.10. The molecule has 2 heterocycles. The van der Waals surface area contributed by atoms with Crippen LogP contribution in [0.15, 0.2) is 59.5 Å². The predicted molar refractivity (Wildman–Crippen MR) is 160 cm³/mol. The van der Waals surface area contributed by atoms with Crippen LogP contribution in [0, 0.1) is 19.3 Å². The molecule has 9 nitrogen and oxygen atoms in total. The molecule has 1 aliphatic rings. The normalized spacial score (nSPS) is 18.8. The second-order valence-electron chi connectivity index (χ2n) is 11.4. The van der Waals surface area contributed by atoms with Gasteiger partial charge in [-0.3, -0.25) is 13.9 Å². The summed E-state index contributed by atoms with van der Waals surface area (Å²) in [6.45, 7) is 10.0. The van der Waals surface area contributed by atoms with E-state index in [2.05, 4.69) is 10.3 Å². The molecule has 1 aromatic heterocycles. The van der Waals surface area contributed by atoms with E-state index in [0.717, 1.165) is 38.9 Å². The molecule has 1 aliphatic heterocycles. The SMILES string of the molecule is CC[C@@H]1CN(Cc2cc([C@@H](c3ccc4c(nnn4C)c3C)C(C)(C)C(=O)O)ccc2C)S(O)(O)c2ccccc2O1. The number of hydrogen-bond acceptors (Lipinski definition) is 7. The standard InChI is InChI=1S/C31H38N4O5S/c1-7-23-18-35(41(38,39)27-11-9-8-10-26(27)40-23)17-22-16-21(13-12-19(22)2)28(31(4,5)30(36)37)24-14-15-25-29(20(24)3)32-33-34(25)6/h8-16,23,28,38-39H,7,17-18H2,1-6H3,(H,36,37)/t23-,28+/m1/s1. The highest BCUT2D eigenvalue weighted by atomic mass is 32.3. The van der Waals surface area contributed by atoms with Crippen LogP contribution in [-0.2, 0) is 18.4 Å². The Labute approximate surface area is 242 Å². The van der Waals surface area contributed by atoms with Crippen molar-refractivity contribution in [2.75, 3.05) is 6.54 Å². The maximum atomic E-state index is 12.6. The zero-order valence-electron chi connectivity index (χ0n) is 24.3. The number of benzene rings is 3. The van der Waals surface area contributed by atoms with Crippen LogP contribution >= 0.6 is 10.8 Å². The van der Waals surface area contributed by atoms with Crippen LogP contribution in [0.1, 0.15) is 60.9 Å². The molecule has 0 aliphatic carbocycles. The van der Waals surface area contributed by atoms with Crippen molar-refractivity contribution in [1.82, 2.24) is 19.3 Å². The molecule has 0 saturated heterocycles. The van der Waals surface area contributed by atoms with E-state index in [-0.39, 0.29) is 12.6 Å². The summed E-state index contributed by atoms with van der Waals surface area (Å²) >= 11 is 0. The van der Waals surface area contributed by atoms with Gasteiger partial charge in [-0.05, 0) is 80.1 Å². The Morgan fingerprint density at radius 2 is 1.88 bits per heavy atom. The second kappa shape index (κ2) is 10.8. The molecule has 0 bridgehead atoms. The Kier molecular flexibility index (Phi) is 7.63. The number of aromatic nitrogens is 3. The van der Waals surface area contributed by atoms with Gasteiger partial charge in [0, 0.05) is 19.5 Å². The molecule has 0 fully saturated rings. The number of carboxylic acids is 1. The molecular formula is C31H38N4O5S. The van der Waals surface area contributed by atoms with Gasteiger partial charge in [0.2, 0.25) is 0 Å². The zero-order chi connectivity index (χ0) is 29.7. The number of carboxylic acid groups (broad SMARTS) is 1. The number of aliphatic carboxylic acids is 1. The number of aryl methyl sites for hydroxylation is 3. The van der Waals surface area contributed by atoms with Gasteiger partial charge >= 0.3 is 5.97 Å². The van der Waals surface area contributed by atoms with Gasteiger partial charge in [0.15, 0.2) is 0 Å². The molecule has 10 heteroatoms. The Bertz CT molecular complexity index is 1620. The van der Waals surface area contributed by atoms with Crippen LogP contribution in [0.4, 0.5) is 0 Å². The van der Waals surface area contributed by atoms with Gasteiger partial charge in [-0.15, -0.1) is 15.9 Å². The van der Waals surface area contributed by atoms with E-state index in [1.54, 1.807) is 41.0 Å². The van der Waals surface area contributed by atoms with E-state index in [9.17, 15) is 19.0 Å². The summed E-state index contributed by atoms with van der Waals surface area (Å²) in [6.07, 6.45) is 0.492. The highest BCUT2D eigenvalue weighted by Crippen LogP contribution is 2.57. The monoisotopic (exact) mass is 578 g/mol. The van der Waals surface area contributed by atoms with E-state index in [1.165, 1.54) is 0 Å². The average Bonchev–Trinajstić information content (AvgIpc) is 3.27. The van der Waals surface area contributed by atoms with Gasteiger partial charge in [-0.25, -0.2) is 4.68 Å². The minimum atomic E-state index is -3.34. The molecule has 0 saturated carbocycles. The number of carbonyl (C=O) groups is 1. The van der Waals surface area contributed by atoms with E-state index < -0.39 is 28.1 Å². The van der Waals surface area contributed by atoms with Crippen molar-refractivity contribution in [2.45, 2.75) is 64.5 Å². The number of rotatable bonds is 7. The quantitative estimate of drug-likeness (QED) is 0.226. The topological polar surface area (TPSA) is 121 Å². The Morgan fingerprint density at radius 1 is 1.15 bits per heavy atom. The van der Waals surface area contributed by atoms with Crippen LogP contribution in [-0.4, -0.2) is 52.1 Å². The summed E-state index contributed by atoms with van der Waals surface area (Å²) in [5, 5.41) is 18.9. The molecule has 3 aromatic carbocycles. The van der Waals surface area contributed by atoms with Crippen LogP contribution in [0.25, 0.3) is 11.0 Å². The Balaban J connectivity index is 1.61. The van der Waals surface area contributed by atoms with Crippen molar-refractivity contribution in [2.24, 2.45) is 12.5 Å². The number of nitrogens with zero attached hydrogens (tertiary/aromatic N) is 4. The molecule has 3 N–H and O–H groups in total. The Hall–Kier alpha value is -3.44. The summed E-state index contributed by atoms with van der Waals surface area (Å²) in [4.78, 5) is 13.0. The van der Waals surface area contributed by atoms with Gasteiger partial charge in [-0.2, -0.15) is 4.31 Å². The van der Waals surface area contributed by atoms with E-state index >= 15 is 0 Å². The second-order valence-corrected chi connectivity index (χ2v) is 13.4. The average molecular weight is 579 g/mol. The molecule has 218 valence electrons. The highest BCUT2D eigenvalue weighted by Gasteiger charge is 2.41. The smallest absolute Gasteiger partial charge is 0.310 e. The summed E-state index contributed by atoms with van der Waals surface area (Å²) in [5.74, 6) is -0.919. The summed E-state index contributed by atoms with van der Waals surface area (Å²) in [6, 6.07) is 17.0. The van der Waals surface area contributed by atoms with Crippen molar-refractivity contribution in [3.05, 3.63) is 82.4 Å². The first-order chi connectivity index (χ1) is 19.4. The first kappa shape index (κ1) is 29.1. The van der Waals surface area contributed by atoms with Crippen LogP contribution in [0.3, 0.4) is 0 Å². The predicted octanol–water partition coefficient (Wildman–Crippen LogP) is 6.53. The third-order valence-electron chi connectivity index (χ3n) is 8.38. The van der Waals surface area contributed by atoms with Gasteiger partial charge < -0.3 is 9.84 Å². The number of hydrogen-bond donors (Lipinski definition) is 3. The Morgan fingerprint density at radius 3 is 2.59 bits per heavy atom. The zero-order valence-corrected chi connectivity index (χ0v) is 25.1. The van der Waals surface area contributed by atoms with Gasteiger partial charge in [0.05, 0.1) is 17.5 Å². The van der Waals surface area contributed by atoms with Gasteiger partial charge in [0.1, 0.15) is 22.3 Å². The van der Waals surface area contributed by atoms with Crippen LogP contribution in [0.5, 0.6) is 5.75 Å². The lowest BCUT2D eigenvalue weighted by Crippen LogP contribution is -2.35. The summed E-state index contributed by atoms with van der Waals surface area (Å²) < 4.78 is 32.6. The fraction of sp³-hybridized carbons (Fsp3) is 0.387. The molecule has 0 unspecified atom stereocenters. The molecule has 0 amide bonds. The van der Waals surface area contributed by atoms with Crippen molar-refractivity contribution < 1.29 is 23.7 Å². The van der Waals surface area contributed by atoms with E-state index in [1.807, 2.05) is 64.2 Å². The highest BCUT2D eigenvalue weighted by molar-refractivity contribution is 8.22. The molecule has 2 atom stereocenters. The number of ether oxygens (including phenoxy) is 1. The van der Waals surface area contributed by atoms with Crippen molar-refractivity contribution in [3.63, 3.8) is 0 Å². The lowest BCUT2D eigenvalue weighted by atomic mass is 9.69. The fourth-order valence-corrected chi connectivity index (χ4v) is 7.35. The largest absolute Gasteiger partial charge is 0.487 e. The van der Waals surface area contributed by atoms with Crippen molar-refractivity contribution >= 4 is 27.8 Å². The maximum absolute atomic E-state index is 12.6. The van der Waals surface area contributed by atoms with Gasteiger partial charge in [-0.1, -0.05) is 48.5 Å². The lowest BCUT2D eigenvalue weighted by Gasteiger charge is -2.42. The van der Waals surface area contributed by atoms with Crippen molar-refractivity contribution in [3.8, 4) is 5.75 Å². The maximum Gasteiger partial charge on any atom is 0.310 e. The van der Waals surface area contributed by atoms with Gasteiger partial charge in [0.25, 0.3) is 0 Å². The molecule has 0 spiro atoms. The summed E-state index contributed by atoms with van der Waals surface area (Å²) in [7, 11) is -1.50. The van der Waals surface area contributed by atoms with Crippen molar-refractivity contribution in [1.29, 1.82) is 0 Å². The summed E-state index contributed by atoms with van der Waals surface area (Å²) in [5.41, 5.74) is 4.92. The fourth-order valence-electron chi connectivity index (χ4n) is 5.73. The number of fused-ring (bicyclic) bond motifs is 2. The third-order valence-corrected chi connectivity index (χ3v) is 10.3. The molecule has 4 aromatic rings. The molecular weight excluding hydrogens is 540 g/mol. The number of para-hydroxylation sites is 1. The minimum absolute atomic E-state index is 0.214. The first-order valence-electron chi connectivity index (χ1n) is 13.8. The first-order valence-corrected chi connectivity index (χ1v) is 15.3. The molecule has 0 radical (unpaired) electrons. The lowest BCUT2D eigenvalue weighted by molar-refractivity contribution is -0.147. The van der Waals surface area contributed by atoms with E-state index in [0.29, 0.717) is 23.6 Å². The van der Waals surface area contributed by atoms with Crippen LogP contribution in [0.2, 0.25) is 0 Å². The molecule has 5 rings (SSSR count). The van der Waals surface area contributed by atoms with Crippen LogP contribution < -0.4 is 4.74 Å². The van der Waals surface area contributed by atoms with E-state index in [4.69, 9.17) is 4.74 Å². The minimum Gasteiger partial charge on any atom is -0.487 e. The molecule has 41 heavy (non-hydrogen) atoms.